The van der Waals surface area contributed by atoms with Crippen molar-refractivity contribution in [3.8, 4) is 0 Å². The highest BCUT2D eigenvalue weighted by Gasteiger charge is 2.19. The molecule has 0 aliphatic rings. The van der Waals surface area contributed by atoms with Crippen LogP contribution in [0.15, 0.2) is 39.8 Å². The van der Waals surface area contributed by atoms with E-state index in [1.54, 1.807) is 17.8 Å². The third-order valence-corrected chi connectivity index (χ3v) is 3.61. The van der Waals surface area contributed by atoms with E-state index in [1.807, 2.05) is 51.3 Å². The summed E-state index contributed by atoms with van der Waals surface area (Å²) >= 11 is 1.65. The summed E-state index contributed by atoms with van der Waals surface area (Å²) in [6.07, 6.45) is 2.01. The third-order valence-electron chi connectivity index (χ3n) is 2.86. The molecule has 0 atom stereocenters. The highest BCUT2D eigenvalue weighted by Crippen LogP contribution is 2.23. The fourth-order valence-corrected chi connectivity index (χ4v) is 2.04. The minimum atomic E-state index is -0.358. The van der Waals surface area contributed by atoms with Crippen molar-refractivity contribution in [1.29, 1.82) is 0 Å². The topological polar surface area (TPSA) is 67.2 Å². The normalized spacial score (nSPS) is 11.2. The Balaban J connectivity index is 1.96. The molecule has 2 amide bonds. The van der Waals surface area contributed by atoms with Crippen LogP contribution in [0.3, 0.4) is 0 Å². The molecule has 0 saturated carbocycles. The van der Waals surface area contributed by atoms with Gasteiger partial charge in [0.2, 0.25) is 5.88 Å². The zero-order chi connectivity index (χ0) is 15.5. The van der Waals surface area contributed by atoms with Gasteiger partial charge in [-0.15, -0.1) is 11.8 Å². The Hall–Kier alpha value is -1.95. The van der Waals surface area contributed by atoms with Gasteiger partial charge in [-0.05, 0) is 30.5 Å². The molecule has 112 valence electrons. The van der Waals surface area contributed by atoms with E-state index in [1.165, 1.54) is 0 Å². The van der Waals surface area contributed by atoms with Crippen molar-refractivity contribution in [3.63, 3.8) is 0 Å². The standard InChI is InChI=1S/C15H19N3O2S/c1-15(2,3)12-9-13(20-18-12)17-14(19)16-10-5-7-11(21-4)8-6-10/h5-9H,1-4H3,(H2,16,17,19). The number of nitrogens with zero attached hydrogens (tertiary/aromatic N) is 1. The molecule has 6 heteroatoms. The Morgan fingerprint density at radius 2 is 1.86 bits per heavy atom. The van der Waals surface area contributed by atoms with E-state index in [4.69, 9.17) is 4.52 Å². The lowest BCUT2D eigenvalue weighted by Gasteiger charge is -2.12. The maximum atomic E-state index is 11.9. The Morgan fingerprint density at radius 1 is 1.19 bits per heavy atom. The van der Waals surface area contributed by atoms with Crippen molar-refractivity contribution in [1.82, 2.24) is 5.16 Å². The fourth-order valence-electron chi connectivity index (χ4n) is 1.64. The van der Waals surface area contributed by atoms with E-state index in [2.05, 4.69) is 15.8 Å². The van der Waals surface area contributed by atoms with Gasteiger partial charge in [-0.2, -0.15) is 0 Å². The van der Waals surface area contributed by atoms with Crippen LogP contribution in [0.2, 0.25) is 0 Å². The lowest BCUT2D eigenvalue weighted by Crippen LogP contribution is -2.19. The number of benzene rings is 1. The van der Waals surface area contributed by atoms with E-state index < -0.39 is 0 Å². The van der Waals surface area contributed by atoms with Gasteiger partial charge in [-0.25, -0.2) is 4.79 Å². The third kappa shape index (κ3) is 4.26. The van der Waals surface area contributed by atoms with Crippen LogP contribution in [0.4, 0.5) is 16.4 Å². The van der Waals surface area contributed by atoms with Gasteiger partial charge < -0.3 is 9.84 Å². The quantitative estimate of drug-likeness (QED) is 0.828. The molecule has 0 spiro atoms. The molecule has 0 saturated heterocycles. The fraction of sp³-hybridized carbons (Fsp3) is 0.333. The maximum absolute atomic E-state index is 11.9. The monoisotopic (exact) mass is 305 g/mol. The molecule has 0 radical (unpaired) electrons. The van der Waals surface area contributed by atoms with Gasteiger partial charge in [0.15, 0.2) is 0 Å². The SMILES string of the molecule is CSc1ccc(NC(=O)Nc2cc(C(C)(C)C)no2)cc1. The molecule has 2 aromatic rings. The molecule has 1 aromatic heterocycles. The van der Waals surface area contributed by atoms with Crippen molar-refractivity contribution >= 4 is 29.4 Å². The smallest absolute Gasteiger partial charge is 0.326 e. The number of thioether (sulfide) groups is 1. The molecular weight excluding hydrogens is 286 g/mol. The number of carbonyl (C=O) groups excluding carboxylic acids is 1. The molecule has 0 fully saturated rings. The highest BCUT2D eigenvalue weighted by molar-refractivity contribution is 7.98. The van der Waals surface area contributed by atoms with Gasteiger partial charge >= 0.3 is 6.03 Å². The number of anilines is 2. The minimum Gasteiger partial charge on any atom is -0.338 e. The molecule has 0 aliphatic carbocycles. The number of hydrogen-bond donors (Lipinski definition) is 2. The summed E-state index contributed by atoms with van der Waals surface area (Å²) in [6.45, 7) is 6.09. The summed E-state index contributed by atoms with van der Waals surface area (Å²) < 4.78 is 5.11. The van der Waals surface area contributed by atoms with Gasteiger partial charge in [-0.1, -0.05) is 25.9 Å². The second-order valence-corrected chi connectivity index (χ2v) is 6.51. The predicted molar refractivity (Wildman–Crippen MR) is 86.1 cm³/mol. The Kier molecular flexibility index (Phi) is 4.57. The summed E-state index contributed by atoms with van der Waals surface area (Å²) in [4.78, 5) is 13.0. The van der Waals surface area contributed by atoms with Crippen LogP contribution in [0.25, 0.3) is 0 Å². The second kappa shape index (κ2) is 6.22. The first-order chi connectivity index (χ1) is 9.88. The number of hydrogen-bond acceptors (Lipinski definition) is 4. The molecule has 2 N–H and O–H groups in total. The Bertz CT molecular complexity index is 615. The zero-order valence-corrected chi connectivity index (χ0v) is 13.4. The van der Waals surface area contributed by atoms with Crippen LogP contribution in [0.1, 0.15) is 26.5 Å². The van der Waals surface area contributed by atoms with Crippen LogP contribution >= 0.6 is 11.8 Å². The largest absolute Gasteiger partial charge is 0.338 e. The summed E-state index contributed by atoms with van der Waals surface area (Å²) in [6, 6.07) is 8.98. The summed E-state index contributed by atoms with van der Waals surface area (Å²) in [5, 5.41) is 9.32. The molecule has 1 aromatic carbocycles. The van der Waals surface area contributed by atoms with E-state index in [-0.39, 0.29) is 11.4 Å². The average Bonchev–Trinajstić information content (AvgIpc) is 2.88. The van der Waals surface area contributed by atoms with Crippen LogP contribution < -0.4 is 10.6 Å². The van der Waals surface area contributed by atoms with Gasteiger partial charge in [-0.3, -0.25) is 5.32 Å². The molecule has 21 heavy (non-hydrogen) atoms. The number of amides is 2. The first-order valence-electron chi connectivity index (χ1n) is 6.58. The van der Waals surface area contributed by atoms with E-state index >= 15 is 0 Å². The minimum absolute atomic E-state index is 0.118. The molecular formula is C15H19N3O2S. The molecule has 0 unspecified atom stereocenters. The van der Waals surface area contributed by atoms with Crippen LogP contribution in [0.5, 0.6) is 0 Å². The van der Waals surface area contributed by atoms with Crippen LogP contribution in [0, 0.1) is 0 Å². The van der Waals surface area contributed by atoms with Crippen molar-refractivity contribution in [2.45, 2.75) is 31.1 Å². The van der Waals surface area contributed by atoms with Crippen LogP contribution in [-0.2, 0) is 5.41 Å². The molecule has 0 bridgehead atoms. The number of nitrogens with one attached hydrogen (secondary N) is 2. The van der Waals surface area contributed by atoms with Crippen LogP contribution in [-0.4, -0.2) is 17.4 Å². The molecule has 2 rings (SSSR count). The number of urea groups is 1. The number of carbonyl (C=O) groups is 1. The van der Waals surface area contributed by atoms with Crippen molar-refractivity contribution in [3.05, 3.63) is 36.0 Å². The number of rotatable bonds is 3. The van der Waals surface area contributed by atoms with Gasteiger partial charge in [0, 0.05) is 22.1 Å². The lowest BCUT2D eigenvalue weighted by molar-refractivity contribution is 0.261. The second-order valence-electron chi connectivity index (χ2n) is 5.63. The van der Waals surface area contributed by atoms with Gasteiger partial charge in [0.05, 0.1) is 5.69 Å². The zero-order valence-electron chi connectivity index (χ0n) is 12.6. The molecule has 1 heterocycles. The van der Waals surface area contributed by atoms with Crippen molar-refractivity contribution < 1.29 is 9.32 Å². The van der Waals surface area contributed by atoms with E-state index in [0.717, 1.165) is 16.3 Å². The summed E-state index contributed by atoms with van der Waals surface area (Å²) in [5.74, 6) is 0.332. The van der Waals surface area contributed by atoms with Gasteiger partial charge in [0.25, 0.3) is 0 Å². The Labute approximate surface area is 128 Å². The first kappa shape index (κ1) is 15.4. The summed E-state index contributed by atoms with van der Waals surface area (Å²) in [7, 11) is 0. The van der Waals surface area contributed by atoms with E-state index in [0.29, 0.717) is 5.88 Å². The molecule has 5 nitrogen and oxygen atoms in total. The van der Waals surface area contributed by atoms with E-state index in [9.17, 15) is 4.79 Å². The predicted octanol–water partition coefficient (Wildman–Crippen LogP) is 4.34. The molecule has 0 aliphatic heterocycles. The first-order valence-corrected chi connectivity index (χ1v) is 7.80. The lowest BCUT2D eigenvalue weighted by atomic mass is 9.92. The maximum Gasteiger partial charge on any atom is 0.326 e. The van der Waals surface area contributed by atoms with Gasteiger partial charge in [0.1, 0.15) is 0 Å². The summed E-state index contributed by atoms with van der Waals surface area (Å²) in [5.41, 5.74) is 1.40. The highest BCUT2D eigenvalue weighted by atomic mass is 32.2. The van der Waals surface area contributed by atoms with Crippen molar-refractivity contribution in [2.24, 2.45) is 0 Å². The Morgan fingerprint density at radius 3 is 2.38 bits per heavy atom. The number of aromatic nitrogens is 1. The van der Waals surface area contributed by atoms with Crippen molar-refractivity contribution in [2.75, 3.05) is 16.9 Å². The average molecular weight is 305 g/mol.